The highest BCUT2D eigenvalue weighted by Gasteiger charge is 2.10. The number of halogens is 1. The van der Waals surface area contributed by atoms with E-state index < -0.39 is 0 Å². The third kappa shape index (κ3) is 1.83. The van der Waals surface area contributed by atoms with E-state index in [2.05, 4.69) is 26.0 Å². The fourth-order valence-corrected chi connectivity index (χ4v) is 1.90. The molecule has 2 aromatic rings. The van der Waals surface area contributed by atoms with Crippen LogP contribution in [0.4, 0.5) is 0 Å². The number of carbonyl (C=O) groups excluding carboxylic acids is 1. The summed E-state index contributed by atoms with van der Waals surface area (Å²) in [7, 11) is 1.83. The number of aromatic nitrogens is 3. The second kappa shape index (κ2) is 3.94. The number of carbonyl (C=O) groups is 1. The van der Waals surface area contributed by atoms with Gasteiger partial charge in [0, 0.05) is 7.05 Å². The summed E-state index contributed by atoms with van der Waals surface area (Å²) in [5.41, 5.74) is 2.01. The van der Waals surface area contributed by atoms with Crippen LogP contribution in [0, 0.1) is 0 Å². The van der Waals surface area contributed by atoms with Crippen molar-refractivity contribution < 1.29 is 4.79 Å². The molecule has 15 heavy (non-hydrogen) atoms. The Hall–Kier alpha value is -1.49. The summed E-state index contributed by atoms with van der Waals surface area (Å²) in [6.07, 6.45) is 2.43. The molecule has 2 rings (SSSR count). The second-order valence-electron chi connectivity index (χ2n) is 3.03. The standard InChI is InChI=1S/C10H8BrN3O/c1-14-10(8(11)5-12-14)9-4-2-3-7(6-15)13-9/h2-6H,1H3. The highest BCUT2D eigenvalue weighted by Crippen LogP contribution is 2.25. The van der Waals surface area contributed by atoms with Crippen molar-refractivity contribution in [1.82, 2.24) is 14.8 Å². The molecule has 0 aliphatic heterocycles. The fraction of sp³-hybridized carbons (Fsp3) is 0.100. The summed E-state index contributed by atoms with van der Waals surface area (Å²) in [5, 5.41) is 4.09. The maximum Gasteiger partial charge on any atom is 0.168 e. The molecule has 0 spiro atoms. The third-order valence-corrected chi connectivity index (χ3v) is 2.61. The van der Waals surface area contributed by atoms with Gasteiger partial charge in [0.15, 0.2) is 6.29 Å². The number of aldehydes is 1. The number of nitrogens with zero attached hydrogens (tertiary/aromatic N) is 3. The fourth-order valence-electron chi connectivity index (χ4n) is 1.35. The summed E-state index contributed by atoms with van der Waals surface area (Å²) < 4.78 is 2.57. The largest absolute Gasteiger partial charge is 0.296 e. The summed E-state index contributed by atoms with van der Waals surface area (Å²) in [5.74, 6) is 0. The average molecular weight is 266 g/mol. The first-order chi connectivity index (χ1) is 7.22. The van der Waals surface area contributed by atoms with Gasteiger partial charge in [0.05, 0.1) is 16.4 Å². The van der Waals surface area contributed by atoms with E-state index in [1.165, 1.54) is 0 Å². The lowest BCUT2D eigenvalue weighted by atomic mass is 10.2. The Bertz CT molecular complexity index is 488. The van der Waals surface area contributed by atoms with Gasteiger partial charge in [-0.3, -0.25) is 9.48 Å². The molecular weight excluding hydrogens is 258 g/mol. The number of aryl methyl sites for hydroxylation is 1. The molecular formula is C10H8BrN3O. The van der Waals surface area contributed by atoms with Gasteiger partial charge in [-0.25, -0.2) is 4.98 Å². The molecule has 0 saturated carbocycles. The zero-order chi connectivity index (χ0) is 10.8. The first-order valence-electron chi connectivity index (χ1n) is 4.32. The molecule has 0 aliphatic rings. The number of pyridine rings is 1. The molecule has 0 N–H and O–H groups in total. The van der Waals surface area contributed by atoms with Gasteiger partial charge in [0.1, 0.15) is 11.4 Å². The van der Waals surface area contributed by atoms with E-state index in [-0.39, 0.29) is 0 Å². The molecule has 0 bridgehead atoms. The van der Waals surface area contributed by atoms with Crippen molar-refractivity contribution in [3.63, 3.8) is 0 Å². The normalized spacial score (nSPS) is 10.3. The van der Waals surface area contributed by atoms with Crippen LogP contribution in [-0.2, 0) is 7.05 Å². The Morgan fingerprint density at radius 1 is 1.47 bits per heavy atom. The van der Waals surface area contributed by atoms with Crippen molar-refractivity contribution >= 4 is 22.2 Å². The lowest BCUT2D eigenvalue weighted by Gasteiger charge is -2.02. The average Bonchev–Trinajstić information content (AvgIpc) is 2.59. The summed E-state index contributed by atoms with van der Waals surface area (Å²) in [6, 6.07) is 5.31. The summed E-state index contributed by atoms with van der Waals surface area (Å²) in [4.78, 5) is 14.8. The van der Waals surface area contributed by atoms with Crippen LogP contribution in [0.3, 0.4) is 0 Å². The van der Waals surface area contributed by atoms with Gasteiger partial charge >= 0.3 is 0 Å². The van der Waals surface area contributed by atoms with Crippen molar-refractivity contribution in [3.8, 4) is 11.4 Å². The van der Waals surface area contributed by atoms with Crippen LogP contribution in [0.2, 0.25) is 0 Å². The molecule has 0 amide bonds. The topological polar surface area (TPSA) is 47.8 Å². The lowest BCUT2D eigenvalue weighted by molar-refractivity contribution is 0.111. The Labute approximate surface area is 95.1 Å². The smallest absolute Gasteiger partial charge is 0.168 e. The Balaban J connectivity index is 2.58. The van der Waals surface area contributed by atoms with Gasteiger partial charge in [0.25, 0.3) is 0 Å². The van der Waals surface area contributed by atoms with E-state index in [1.54, 1.807) is 23.0 Å². The number of hydrogen-bond acceptors (Lipinski definition) is 3. The van der Waals surface area contributed by atoms with Crippen LogP contribution < -0.4 is 0 Å². The Morgan fingerprint density at radius 3 is 2.87 bits per heavy atom. The molecule has 4 nitrogen and oxygen atoms in total. The Morgan fingerprint density at radius 2 is 2.27 bits per heavy atom. The monoisotopic (exact) mass is 265 g/mol. The zero-order valence-electron chi connectivity index (χ0n) is 8.01. The van der Waals surface area contributed by atoms with Crippen molar-refractivity contribution in [2.45, 2.75) is 0 Å². The Kier molecular flexibility index (Phi) is 2.64. The highest BCUT2D eigenvalue weighted by molar-refractivity contribution is 9.10. The minimum atomic E-state index is 0.417. The molecule has 0 aliphatic carbocycles. The predicted molar refractivity (Wildman–Crippen MR) is 59.5 cm³/mol. The molecule has 0 unspecified atom stereocenters. The van der Waals surface area contributed by atoms with Crippen LogP contribution in [0.15, 0.2) is 28.9 Å². The predicted octanol–water partition coefficient (Wildman–Crippen LogP) is 2.06. The van der Waals surface area contributed by atoms with E-state index in [4.69, 9.17) is 0 Å². The van der Waals surface area contributed by atoms with Gasteiger partial charge in [-0.15, -0.1) is 0 Å². The molecule has 2 heterocycles. The van der Waals surface area contributed by atoms with E-state index in [1.807, 2.05) is 13.1 Å². The minimum absolute atomic E-state index is 0.417. The molecule has 5 heteroatoms. The molecule has 0 atom stereocenters. The molecule has 2 aromatic heterocycles. The first-order valence-corrected chi connectivity index (χ1v) is 5.12. The quantitative estimate of drug-likeness (QED) is 0.781. The van der Waals surface area contributed by atoms with Gasteiger partial charge in [-0.1, -0.05) is 6.07 Å². The van der Waals surface area contributed by atoms with Gasteiger partial charge in [-0.05, 0) is 28.1 Å². The molecule has 0 fully saturated rings. The van der Waals surface area contributed by atoms with E-state index in [9.17, 15) is 4.79 Å². The van der Waals surface area contributed by atoms with Gasteiger partial charge in [-0.2, -0.15) is 5.10 Å². The third-order valence-electron chi connectivity index (χ3n) is 2.03. The maximum atomic E-state index is 10.6. The van der Waals surface area contributed by atoms with Crippen LogP contribution in [-0.4, -0.2) is 21.1 Å². The van der Waals surface area contributed by atoms with Crippen LogP contribution in [0.5, 0.6) is 0 Å². The van der Waals surface area contributed by atoms with Crippen molar-refractivity contribution in [1.29, 1.82) is 0 Å². The van der Waals surface area contributed by atoms with E-state index in [0.717, 1.165) is 22.1 Å². The van der Waals surface area contributed by atoms with Gasteiger partial charge < -0.3 is 0 Å². The van der Waals surface area contributed by atoms with Crippen LogP contribution in [0.1, 0.15) is 10.5 Å². The summed E-state index contributed by atoms with van der Waals surface area (Å²) in [6.45, 7) is 0. The van der Waals surface area contributed by atoms with Crippen LogP contribution in [0.25, 0.3) is 11.4 Å². The highest BCUT2D eigenvalue weighted by atomic mass is 79.9. The lowest BCUT2D eigenvalue weighted by Crippen LogP contribution is -1.97. The maximum absolute atomic E-state index is 10.6. The molecule has 0 radical (unpaired) electrons. The number of hydrogen-bond donors (Lipinski definition) is 0. The summed E-state index contributed by atoms with van der Waals surface area (Å²) >= 11 is 3.39. The number of rotatable bonds is 2. The van der Waals surface area contributed by atoms with E-state index >= 15 is 0 Å². The molecule has 0 aromatic carbocycles. The van der Waals surface area contributed by atoms with Crippen LogP contribution >= 0.6 is 15.9 Å². The van der Waals surface area contributed by atoms with Crippen molar-refractivity contribution in [2.75, 3.05) is 0 Å². The SMILES string of the molecule is Cn1ncc(Br)c1-c1cccc(C=O)n1. The zero-order valence-corrected chi connectivity index (χ0v) is 9.60. The molecule has 76 valence electrons. The van der Waals surface area contributed by atoms with Crippen molar-refractivity contribution in [2.24, 2.45) is 7.05 Å². The van der Waals surface area contributed by atoms with Crippen molar-refractivity contribution in [3.05, 3.63) is 34.6 Å². The second-order valence-corrected chi connectivity index (χ2v) is 3.88. The van der Waals surface area contributed by atoms with Gasteiger partial charge in [0.2, 0.25) is 0 Å². The molecule has 0 saturated heterocycles. The first kappa shape index (κ1) is 10.0. The van der Waals surface area contributed by atoms with E-state index in [0.29, 0.717) is 5.69 Å². The minimum Gasteiger partial charge on any atom is -0.296 e.